The largest absolute Gasteiger partial charge is 2.00 e. The van der Waals surface area contributed by atoms with Crippen molar-refractivity contribution in [2.24, 2.45) is 5.73 Å². The van der Waals surface area contributed by atoms with E-state index in [-0.39, 0.29) is 37.7 Å². The number of benzene rings is 2. The van der Waals surface area contributed by atoms with Crippen LogP contribution in [-0.2, 0) is 5.54 Å². The van der Waals surface area contributed by atoms with Crippen molar-refractivity contribution >= 4 is 72.5 Å². The molecule has 0 saturated heterocycles. The van der Waals surface area contributed by atoms with Crippen LogP contribution in [0.2, 0.25) is 0 Å². The molecule has 0 fully saturated rings. The molecule has 3 N–H and O–H groups in total. The average molecular weight is 373 g/mol. The number of nitrogens with one attached hydrogen (secondary N) is 1. The fourth-order valence-corrected chi connectivity index (χ4v) is 2.26. The quantitative estimate of drug-likeness (QED) is 0.599. The minimum Gasteiger partial charge on any atom is -0.852 e. The van der Waals surface area contributed by atoms with Gasteiger partial charge in [-0.3, -0.25) is 0 Å². The predicted molar refractivity (Wildman–Crippen MR) is 97.6 cm³/mol. The van der Waals surface area contributed by atoms with E-state index in [4.69, 9.17) is 5.11 Å². The van der Waals surface area contributed by atoms with Crippen LogP contribution in [0.3, 0.4) is 0 Å². The zero-order valence-corrected chi connectivity index (χ0v) is 16.5. The maximum Gasteiger partial charge on any atom is 2.00 e. The topological polar surface area (TPSA) is 84.2 Å². The van der Waals surface area contributed by atoms with Crippen LogP contribution in [0.4, 0.5) is 0 Å². The Labute approximate surface area is 176 Å². The SMILES string of the molecule is CC(NC([O-])=S)(c1ccccc1)c1ccccc1.NC([O-])=S.[Ca+2]. The van der Waals surface area contributed by atoms with E-state index in [1.807, 2.05) is 67.6 Å². The Balaban J connectivity index is 0.000000871. The third-order valence-electron chi connectivity index (χ3n) is 3.05. The van der Waals surface area contributed by atoms with Gasteiger partial charge < -0.3 is 21.3 Å². The first kappa shape index (κ1) is 22.1. The normalized spacial score (nSPS) is 9.61. The summed E-state index contributed by atoms with van der Waals surface area (Å²) in [6, 6.07) is 19.6. The van der Waals surface area contributed by atoms with E-state index in [1.165, 1.54) is 0 Å². The molecule has 2 aromatic carbocycles. The molecule has 0 amide bonds. The fraction of sp³-hybridized carbons (Fsp3) is 0.125. The van der Waals surface area contributed by atoms with Crippen LogP contribution in [0.5, 0.6) is 0 Å². The van der Waals surface area contributed by atoms with Gasteiger partial charge in [0.15, 0.2) is 0 Å². The van der Waals surface area contributed by atoms with Crippen LogP contribution in [0.1, 0.15) is 18.1 Å². The van der Waals surface area contributed by atoms with E-state index < -0.39 is 15.9 Å². The third-order valence-corrected chi connectivity index (χ3v) is 3.16. The van der Waals surface area contributed by atoms with Crippen LogP contribution >= 0.6 is 24.4 Å². The molecule has 0 aliphatic rings. The summed E-state index contributed by atoms with van der Waals surface area (Å²) < 4.78 is 0. The van der Waals surface area contributed by atoms with Gasteiger partial charge in [0, 0.05) is 10.3 Å². The Bertz CT molecular complexity index is 581. The van der Waals surface area contributed by atoms with Crippen LogP contribution in [0.25, 0.3) is 0 Å². The monoisotopic (exact) mass is 372 g/mol. The standard InChI is InChI=1S/C15H15NOS.CH3NOS.Ca/c1-15(16-14(17)18,12-8-4-2-5-9-12)13-10-6-3-7-11-13;2-1(3)4;/h2-11H,1H3,(H2,16,17,18);(H3,2,3,4);/q;;+2/p-2. The predicted octanol–water partition coefficient (Wildman–Crippen LogP) is 0.394. The van der Waals surface area contributed by atoms with Crippen LogP contribution < -0.4 is 21.3 Å². The summed E-state index contributed by atoms with van der Waals surface area (Å²) >= 11 is 8.44. The molecule has 2 rings (SSSR count). The van der Waals surface area contributed by atoms with Crippen molar-refractivity contribution in [1.82, 2.24) is 5.32 Å². The number of rotatable bonds is 3. The van der Waals surface area contributed by atoms with Crippen molar-refractivity contribution < 1.29 is 10.2 Å². The van der Waals surface area contributed by atoms with Gasteiger partial charge in [0.25, 0.3) is 0 Å². The molecule has 0 atom stereocenters. The molecule has 0 aliphatic carbocycles. The van der Waals surface area contributed by atoms with Crippen molar-refractivity contribution in [3.8, 4) is 0 Å². The molecule has 116 valence electrons. The van der Waals surface area contributed by atoms with Gasteiger partial charge in [-0.05, 0) is 18.1 Å². The summed E-state index contributed by atoms with van der Waals surface area (Å²) in [7, 11) is 0. The van der Waals surface area contributed by atoms with E-state index in [1.54, 1.807) is 0 Å². The maximum atomic E-state index is 11.3. The van der Waals surface area contributed by atoms with Gasteiger partial charge in [0.2, 0.25) is 0 Å². The zero-order chi connectivity index (χ0) is 16.6. The minimum absolute atomic E-state index is 0. The molecule has 0 aliphatic heterocycles. The van der Waals surface area contributed by atoms with Gasteiger partial charge in [-0.1, -0.05) is 85.1 Å². The zero-order valence-electron chi connectivity index (χ0n) is 12.7. The van der Waals surface area contributed by atoms with Crippen LogP contribution in [0.15, 0.2) is 60.7 Å². The van der Waals surface area contributed by atoms with E-state index in [9.17, 15) is 5.11 Å². The van der Waals surface area contributed by atoms with Gasteiger partial charge in [-0.2, -0.15) is 0 Å². The number of hydrogen-bond donors (Lipinski definition) is 2. The molecule has 0 aromatic heterocycles. The van der Waals surface area contributed by atoms with Crippen molar-refractivity contribution in [3.05, 3.63) is 71.8 Å². The van der Waals surface area contributed by atoms with Gasteiger partial charge in [0.1, 0.15) is 0 Å². The van der Waals surface area contributed by atoms with E-state index in [2.05, 4.69) is 35.5 Å². The molecule has 4 nitrogen and oxygen atoms in total. The van der Waals surface area contributed by atoms with Crippen molar-refractivity contribution in [2.45, 2.75) is 12.5 Å². The maximum absolute atomic E-state index is 11.3. The van der Waals surface area contributed by atoms with Crippen molar-refractivity contribution in [1.29, 1.82) is 0 Å². The Morgan fingerprint density at radius 1 is 0.913 bits per heavy atom. The molecule has 0 saturated carbocycles. The van der Waals surface area contributed by atoms with Gasteiger partial charge in [-0.25, -0.2) is 0 Å². The molecule has 0 unspecified atom stereocenters. The summed E-state index contributed by atoms with van der Waals surface area (Å²) in [4.78, 5) is 0. The Hall–Kier alpha value is -0.920. The molecule has 2 aromatic rings. The summed E-state index contributed by atoms with van der Waals surface area (Å²) in [5, 5.41) is 22.0. The van der Waals surface area contributed by atoms with E-state index in [0.717, 1.165) is 11.1 Å². The van der Waals surface area contributed by atoms with Crippen LogP contribution in [0, 0.1) is 0 Å². The van der Waals surface area contributed by atoms with Gasteiger partial charge >= 0.3 is 37.7 Å². The second-order valence-electron chi connectivity index (χ2n) is 4.59. The van der Waals surface area contributed by atoms with Crippen molar-refractivity contribution in [2.75, 3.05) is 0 Å². The summed E-state index contributed by atoms with van der Waals surface area (Å²) in [6.45, 7) is 1.96. The first-order chi connectivity index (χ1) is 10.4. The van der Waals surface area contributed by atoms with Gasteiger partial charge in [-0.15, -0.1) is 0 Å². The third kappa shape index (κ3) is 7.46. The second kappa shape index (κ2) is 10.8. The van der Waals surface area contributed by atoms with Crippen molar-refractivity contribution in [3.63, 3.8) is 0 Å². The molecule has 7 heteroatoms. The minimum atomic E-state index is -0.750. The Kier molecular flexibility index (Phi) is 10.3. The molecule has 0 bridgehead atoms. The smallest absolute Gasteiger partial charge is 0.852 e. The molecule has 0 radical (unpaired) electrons. The molecule has 0 heterocycles. The summed E-state index contributed by atoms with van der Waals surface area (Å²) in [5.74, 6) is 0. The number of thiocarbonyl (C=S) groups is 2. The number of nitrogens with two attached hydrogens (primary N) is 1. The molecular formula is C16H16CaN2O2S2. The molecular weight excluding hydrogens is 356 g/mol. The summed E-state index contributed by atoms with van der Waals surface area (Å²) in [5.41, 5.74) is 5.71. The Morgan fingerprint density at radius 2 is 1.22 bits per heavy atom. The van der Waals surface area contributed by atoms with Crippen LogP contribution in [-0.4, -0.2) is 48.1 Å². The van der Waals surface area contributed by atoms with E-state index >= 15 is 0 Å². The first-order valence-electron chi connectivity index (χ1n) is 6.43. The Morgan fingerprint density at radius 3 is 1.48 bits per heavy atom. The molecule has 0 spiro atoms. The fourth-order valence-electron chi connectivity index (χ4n) is 2.06. The average Bonchev–Trinajstić information content (AvgIpc) is 2.48. The summed E-state index contributed by atoms with van der Waals surface area (Å²) in [6.07, 6.45) is 0. The second-order valence-corrected chi connectivity index (χ2v) is 5.36. The molecule has 23 heavy (non-hydrogen) atoms. The van der Waals surface area contributed by atoms with E-state index in [0.29, 0.717) is 0 Å². The number of hydrogen-bond acceptors (Lipinski definition) is 4. The van der Waals surface area contributed by atoms with Gasteiger partial charge in [0.05, 0.1) is 5.54 Å². The first-order valence-corrected chi connectivity index (χ1v) is 7.24.